The first-order chi connectivity index (χ1) is 13.5. The Labute approximate surface area is 195 Å². The maximum absolute atomic E-state index is 5.51. The maximum atomic E-state index is 5.51. The molecule has 0 saturated heterocycles. The SMILES string of the molecule is CN=C(NCCc1c(OC)cc(OC)cc1OC)NC(C)Cc1ccc(C)s1.I. The highest BCUT2D eigenvalue weighted by Gasteiger charge is 2.14. The van der Waals surface area contributed by atoms with E-state index in [2.05, 4.69) is 41.6 Å². The fourth-order valence-electron chi connectivity index (χ4n) is 3.01. The number of hydrogen-bond donors (Lipinski definition) is 2. The third kappa shape index (κ3) is 7.58. The molecular weight excluding hydrogens is 501 g/mol. The fraction of sp³-hybridized carbons (Fsp3) is 0.476. The molecule has 2 N–H and O–H groups in total. The van der Waals surface area contributed by atoms with E-state index in [-0.39, 0.29) is 30.0 Å². The number of aliphatic imine (C=N–C) groups is 1. The highest BCUT2D eigenvalue weighted by Crippen LogP contribution is 2.34. The number of hydrogen-bond acceptors (Lipinski definition) is 5. The van der Waals surface area contributed by atoms with Crippen LogP contribution in [0.4, 0.5) is 0 Å². The lowest BCUT2D eigenvalue weighted by Gasteiger charge is -2.19. The van der Waals surface area contributed by atoms with Gasteiger partial charge in [0.05, 0.1) is 21.3 Å². The van der Waals surface area contributed by atoms with E-state index >= 15 is 0 Å². The van der Waals surface area contributed by atoms with E-state index < -0.39 is 0 Å². The minimum absolute atomic E-state index is 0. The summed E-state index contributed by atoms with van der Waals surface area (Å²) in [6, 6.07) is 8.38. The number of ether oxygens (including phenoxy) is 3. The van der Waals surface area contributed by atoms with E-state index in [1.165, 1.54) is 9.75 Å². The van der Waals surface area contributed by atoms with Crippen LogP contribution in [0, 0.1) is 6.92 Å². The number of benzene rings is 1. The minimum Gasteiger partial charge on any atom is -0.496 e. The molecule has 0 amide bonds. The molecule has 0 aliphatic heterocycles. The highest BCUT2D eigenvalue weighted by atomic mass is 127. The van der Waals surface area contributed by atoms with Crippen molar-refractivity contribution < 1.29 is 14.2 Å². The summed E-state index contributed by atoms with van der Waals surface area (Å²) in [5.41, 5.74) is 0.996. The molecule has 0 bridgehead atoms. The van der Waals surface area contributed by atoms with Gasteiger partial charge in [-0.15, -0.1) is 35.3 Å². The van der Waals surface area contributed by atoms with Crippen LogP contribution < -0.4 is 24.8 Å². The Morgan fingerprint density at radius 2 is 1.76 bits per heavy atom. The Hall–Kier alpha value is -1.68. The van der Waals surface area contributed by atoms with Crippen molar-refractivity contribution in [1.82, 2.24) is 10.6 Å². The van der Waals surface area contributed by atoms with Crippen molar-refractivity contribution in [3.05, 3.63) is 39.6 Å². The Morgan fingerprint density at radius 1 is 1.10 bits per heavy atom. The molecule has 0 saturated carbocycles. The van der Waals surface area contributed by atoms with Crippen LogP contribution in [0.5, 0.6) is 17.2 Å². The van der Waals surface area contributed by atoms with Crippen molar-refractivity contribution in [2.45, 2.75) is 32.7 Å². The van der Waals surface area contributed by atoms with E-state index in [1.54, 1.807) is 28.4 Å². The van der Waals surface area contributed by atoms with Crippen molar-refractivity contribution in [3.63, 3.8) is 0 Å². The number of aryl methyl sites for hydroxylation is 1. The van der Waals surface area contributed by atoms with Gasteiger partial charge in [-0.05, 0) is 32.4 Å². The van der Waals surface area contributed by atoms with E-state index in [0.717, 1.165) is 35.9 Å². The summed E-state index contributed by atoms with van der Waals surface area (Å²) in [4.78, 5) is 7.05. The summed E-state index contributed by atoms with van der Waals surface area (Å²) in [5, 5.41) is 6.82. The quantitative estimate of drug-likeness (QED) is 0.290. The molecule has 1 atom stereocenters. The summed E-state index contributed by atoms with van der Waals surface area (Å²) in [6.45, 7) is 5.00. The van der Waals surface area contributed by atoms with E-state index in [1.807, 2.05) is 23.5 Å². The van der Waals surface area contributed by atoms with Gasteiger partial charge in [0.1, 0.15) is 17.2 Å². The molecule has 162 valence electrons. The molecule has 0 aliphatic carbocycles. The zero-order valence-electron chi connectivity index (χ0n) is 18.0. The van der Waals surface area contributed by atoms with Gasteiger partial charge >= 0.3 is 0 Å². The number of guanidine groups is 1. The Balaban J connectivity index is 0.00000420. The largest absolute Gasteiger partial charge is 0.496 e. The molecule has 1 unspecified atom stereocenters. The first kappa shape index (κ1) is 25.4. The van der Waals surface area contributed by atoms with Gasteiger partial charge in [-0.3, -0.25) is 4.99 Å². The summed E-state index contributed by atoms with van der Waals surface area (Å²) in [5.74, 6) is 3.00. The topological polar surface area (TPSA) is 64.1 Å². The summed E-state index contributed by atoms with van der Waals surface area (Å²) in [7, 11) is 6.72. The lowest BCUT2D eigenvalue weighted by molar-refractivity contribution is 0.368. The number of halogens is 1. The van der Waals surface area contributed by atoms with Crippen molar-refractivity contribution in [3.8, 4) is 17.2 Å². The predicted octanol–water partition coefficient (Wildman–Crippen LogP) is 4.04. The standard InChI is InChI=1S/C21H31N3O3S.HI/c1-14(11-17-8-7-15(2)28-17)24-21(22-3)23-10-9-18-19(26-5)12-16(25-4)13-20(18)27-6;/h7-8,12-14H,9-11H2,1-6H3,(H2,22,23,24);1H. The van der Waals surface area contributed by atoms with Crippen LogP contribution >= 0.6 is 35.3 Å². The van der Waals surface area contributed by atoms with Gasteiger partial charge in [0.2, 0.25) is 0 Å². The average molecular weight is 533 g/mol. The Morgan fingerprint density at radius 3 is 2.24 bits per heavy atom. The van der Waals surface area contributed by atoms with Crippen LogP contribution in [0.15, 0.2) is 29.3 Å². The van der Waals surface area contributed by atoms with Crippen LogP contribution in [0.1, 0.15) is 22.2 Å². The summed E-state index contributed by atoms with van der Waals surface area (Å²) in [6.07, 6.45) is 1.70. The smallest absolute Gasteiger partial charge is 0.191 e. The van der Waals surface area contributed by atoms with E-state index in [4.69, 9.17) is 14.2 Å². The van der Waals surface area contributed by atoms with Gasteiger partial charge in [-0.1, -0.05) is 0 Å². The molecule has 0 spiro atoms. The van der Waals surface area contributed by atoms with Gasteiger partial charge in [0.15, 0.2) is 5.96 Å². The van der Waals surface area contributed by atoms with Crippen molar-refractivity contribution in [1.29, 1.82) is 0 Å². The van der Waals surface area contributed by atoms with Crippen LogP contribution in [0.3, 0.4) is 0 Å². The number of rotatable bonds is 9. The summed E-state index contributed by atoms with van der Waals surface area (Å²) >= 11 is 1.84. The molecule has 8 heteroatoms. The van der Waals surface area contributed by atoms with Gasteiger partial charge < -0.3 is 24.8 Å². The molecule has 2 aromatic rings. The lowest BCUT2D eigenvalue weighted by atomic mass is 10.1. The third-order valence-electron chi connectivity index (χ3n) is 4.39. The molecule has 6 nitrogen and oxygen atoms in total. The second-order valence-electron chi connectivity index (χ2n) is 6.52. The van der Waals surface area contributed by atoms with Gasteiger partial charge in [0, 0.05) is 53.5 Å². The van der Waals surface area contributed by atoms with E-state index in [0.29, 0.717) is 12.3 Å². The predicted molar refractivity (Wildman–Crippen MR) is 132 cm³/mol. The van der Waals surface area contributed by atoms with Crippen LogP contribution in [-0.2, 0) is 12.8 Å². The average Bonchev–Trinajstić information content (AvgIpc) is 3.11. The van der Waals surface area contributed by atoms with Gasteiger partial charge in [-0.25, -0.2) is 0 Å². The molecule has 0 aliphatic rings. The second kappa shape index (κ2) is 12.8. The van der Waals surface area contributed by atoms with E-state index in [9.17, 15) is 0 Å². The van der Waals surface area contributed by atoms with Crippen LogP contribution in [-0.4, -0.2) is 46.9 Å². The number of thiophene rings is 1. The van der Waals surface area contributed by atoms with Crippen molar-refractivity contribution >= 4 is 41.3 Å². The normalized spacial score (nSPS) is 12.0. The first-order valence-electron chi connectivity index (χ1n) is 9.32. The molecule has 1 heterocycles. The molecular formula is C21H32IN3O3S. The monoisotopic (exact) mass is 533 g/mol. The number of nitrogens with one attached hydrogen (secondary N) is 2. The van der Waals surface area contributed by atoms with Crippen LogP contribution in [0.2, 0.25) is 0 Å². The van der Waals surface area contributed by atoms with Crippen LogP contribution in [0.25, 0.3) is 0 Å². The van der Waals surface area contributed by atoms with Gasteiger partial charge in [0.25, 0.3) is 0 Å². The zero-order valence-corrected chi connectivity index (χ0v) is 21.1. The molecule has 0 fully saturated rings. The summed E-state index contributed by atoms with van der Waals surface area (Å²) < 4.78 is 16.3. The molecule has 29 heavy (non-hydrogen) atoms. The first-order valence-corrected chi connectivity index (χ1v) is 10.1. The minimum atomic E-state index is 0. The number of methoxy groups -OCH3 is 3. The van der Waals surface area contributed by atoms with Crippen molar-refractivity contribution in [2.24, 2.45) is 4.99 Å². The fourth-order valence-corrected chi connectivity index (χ4v) is 4.02. The van der Waals surface area contributed by atoms with Gasteiger partial charge in [-0.2, -0.15) is 0 Å². The molecule has 1 aromatic heterocycles. The molecule has 1 aromatic carbocycles. The Kier molecular flexibility index (Phi) is 11.2. The lowest BCUT2D eigenvalue weighted by Crippen LogP contribution is -2.43. The molecule has 2 rings (SSSR count). The zero-order chi connectivity index (χ0) is 20.5. The second-order valence-corrected chi connectivity index (χ2v) is 7.89. The Bertz CT molecular complexity index is 770. The van der Waals surface area contributed by atoms with Crippen molar-refractivity contribution in [2.75, 3.05) is 34.9 Å². The highest BCUT2D eigenvalue weighted by molar-refractivity contribution is 14.0. The maximum Gasteiger partial charge on any atom is 0.191 e. The molecule has 0 radical (unpaired) electrons. The number of nitrogens with zero attached hydrogens (tertiary/aromatic N) is 1. The third-order valence-corrected chi connectivity index (χ3v) is 5.42.